The molecule has 0 radical (unpaired) electrons. The van der Waals surface area contributed by atoms with Gasteiger partial charge in [-0.1, -0.05) is 42.5 Å². The van der Waals surface area contributed by atoms with E-state index in [1.807, 2.05) is 30.3 Å². The van der Waals surface area contributed by atoms with Gasteiger partial charge in [0.25, 0.3) is 0 Å². The van der Waals surface area contributed by atoms with Crippen LogP contribution in [-0.4, -0.2) is 17.5 Å². The van der Waals surface area contributed by atoms with Gasteiger partial charge in [-0.25, -0.2) is 4.79 Å². The monoisotopic (exact) mass is 309 g/mol. The number of fused-ring (bicyclic) bond motifs is 1. The van der Waals surface area contributed by atoms with Crippen LogP contribution in [-0.2, 0) is 16.1 Å². The molecule has 2 N–H and O–H groups in total. The predicted molar refractivity (Wildman–Crippen MR) is 83.7 cm³/mol. The third-order valence-electron chi connectivity index (χ3n) is 3.46. The molecular weight excluding hydrogens is 294 g/mol. The van der Waals surface area contributed by atoms with E-state index in [0.717, 1.165) is 11.6 Å². The lowest BCUT2D eigenvalue weighted by atomic mass is 10.0. The SMILES string of the molecule is NC1(/C=C/C(=O)OCc2ccccc2)Oc2ccccc2C1=O. The number of benzene rings is 2. The summed E-state index contributed by atoms with van der Waals surface area (Å²) in [5.74, 6) is -0.575. The molecule has 3 rings (SSSR count). The van der Waals surface area contributed by atoms with E-state index in [2.05, 4.69) is 0 Å². The first-order valence-corrected chi connectivity index (χ1v) is 7.10. The van der Waals surface area contributed by atoms with Crippen LogP contribution in [0.4, 0.5) is 0 Å². The van der Waals surface area contributed by atoms with Gasteiger partial charge in [0.05, 0.1) is 5.56 Å². The Morgan fingerprint density at radius 3 is 2.57 bits per heavy atom. The summed E-state index contributed by atoms with van der Waals surface area (Å²) in [4.78, 5) is 24.0. The van der Waals surface area contributed by atoms with Crippen LogP contribution < -0.4 is 10.5 Å². The van der Waals surface area contributed by atoms with E-state index >= 15 is 0 Å². The molecule has 0 aliphatic carbocycles. The molecule has 0 amide bonds. The van der Waals surface area contributed by atoms with E-state index in [1.54, 1.807) is 24.3 Å². The molecule has 116 valence electrons. The van der Waals surface area contributed by atoms with Crippen molar-refractivity contribution < 1.29 is 19.1 Å². The van der Waals surface area contributed by atoms with E-state index < -0.39 is 11.7 Å². The third kappa shape index (κ3) is 3.14. The van der Waals surface area contributed by atoms with Gasteiger partial charge in [0.15, 0.2) is 0 Å². The fraction of sp³-hybridized carbons (Fsp3) is 0.111. The fourth-order valence-electron chi connectivity index (χ4n) is 2.26. The highest BCUT2D eigenvalue weighted by Gasteiger charge is 2.42. The largest absolute Gasteiger partial charge is 0.461 e. The number of ether oxygens (including phenoxy) is 2. The molecular formula is C18H15NO4. The van der Waals surface area contributed by atoms with Gasteiger partial charge in [-0.05, 0) is 23.8 Å². The molecule has 1 aliphatic heterocycles. The molecule has 2 aromatic rings. The number of hydrogen-bond acceptors (Lipinski definition) is 5. The number of hydrogen-bond donors (Lipinski definition) is 1. The summed E-state index contributed by atoms with van der Waals surface area (Å²) in [6.07, 6.45) is 2.34. The van der Waals surface area contributed by atoms with E-state index in [9.17, 15) is 9.59 Å². The first-order valence-electron chi connectivity index (χ1n) is 7.10. The molecule has 0 spiro atoms. The Morgan fingerprint density at radius 2 is 1.83 bits per heavy atom. The van der Waals surface area contributed by atoms with Crippen LogP contribution in [0.1, 0.15) is 15.9 Å². The zero-order chi connectivity index (χ0) is 16.3. The third-order valence-corrected chi connectivity index (χ3v) is 3.46. The number of esters is 1. The van der Waals surface area contributed by atoms with Gasteiger partial charge in [-0.3, -0.25) is 10.5 Å². The minimum absolute atomic E-state index is 0.149. The highest BCUT2D eigenvalue weighted by molar-refractivity contribution is 6.08. The molecule has 0 bridgehead atoms. The van der Waals surface area contributed by atoms with Crippen LogP contribution in [0.15, 0.2) is 66.7 Å². The molecule has 0 saturated carbocycles. The summed E-state index contributed by atoms with van der Waals surface area (Å²) < 4.78 is 10.6. The number of nitrogens with two attached hydrogens (primary N) is 1. The Morgan fingerprint density at radius 1 is 1.13 bits per heavy atom. The smallest absolute Gasteiger partial charge is 0.330 e. The van der Waals surface area contributed by atoms with Crippen molar-refractivity contribution in [1.82, 2.24) is 0 Å². The van der Waals surface area contributed by atoms with E-state index in [-0.39, 0.29) is 12.4 Å². The molecule has 5 nitrogen and oxygen atoms in total. The fourth-order valence-corrected chi connectivity index (χ4v) is 2.26. The van der Waals surface area contributed by atoms with Gasteiger partial charge in [0, 0.05) is 6.08 Å². The standard InChI is InChI=1S/C18H15NO4/c19-18(17(21)14-8-4-5-9-15(14)23-18)11-10-16(20)22-12-13-6-2-1-3-7-13/h1-11H,12,19H2/b11-10+. The van der Waals surface area contributed by atoms with Crippen LogP contribution in [0.3, 0.4) is 0 Å². The lowest BCUT2D eigenvalue weighted by molar-refractivity contribution is -0.139. The summed E-state index contributed by atoms with van der Waals surface area (Å²) in [5, 5.41) is 0. The maximum Gasteiger partial charge on any atom is 0.330 e. The van der Waals surface area contributed by atoms with Gasteiger partial charge in [0.1, 0.15) is 12.4 Å². The first-order chi connectivity index (χ1) is 11.1. The number of para-hydroxylation sites is 1. The summed E-state index contributed by atoms with van der Waals surface area (Å²) in [6.45, 7) is 0.149. The van der Waals surface area contributed by atoms with Crippen LogP contribution in [0.2, 0.25) is 0 Å². The molecule has 0 saturated heterocycles. The number of rotatable bonds is 4. The molecule has 1 heterocycles. The van der Waals surface area contributed by atoms with Gasteiger partial charge in [0.2, 0.25) is 11.5 Å². The van der Waals surface area contributed by atoms with Crippen molar-refractivity contribution in [2.24, 2.45) is 5.73 Å². The van der Waals surface area contributed by atoms with Crippen LogP contribution in [0.25, 0.3) is 0 Å². The highest BCUT2D eigenvalue weighted by atomic mass is 16.5. The quantitative estimate of drug-likeness (QED) is 0.692. The summed E-state index contributed by atoms with van der Waals surface area (Å²) in [7, 11) is 0. The molecule has 0 fully saturated rings. The summed E-state index contributed by atoms with van der Waals surface area (Å²) in [6, 6.07) is 16.1. The number of Topliss-reactive ketones (excluding diaryl/α,β-unsaturated/α-hetero) is 1. The topological polar surface area (TPSA) is 78.6 Å². The van der Waals surface area contributed by atoms with E-state index in [0.29, 0.717) is 11.3 Å². The van der Waals surface area contributed by atoms with Gasteiger partial charge in [-0.15, -0.1) is 0 Å². The lowest BCUT2D eigenvalue weighted by Gasteiger charge is -2.17. The summed E-state index contributed by atoms with van der Waals surface area (Å²) >= 11 is 0. The number of carbonyl (C=O) groups is 2. The second-order valence-electron chi connectivity index (χ2n) is 5.15. The molecule has 1 atom stereocenters. The van der Waals surface area contributed by atoms with Crippen molar-refractivity contribution in [3.63, 3.8) is 0 Å². The first kappa shape index (κ1) is 15.0. The minimum Gasteiger partial charge on any atom is -0.461 e. The van der Waals surface area contributed by atoms with Crippen molar-refractivity contribution in [2.45, 2.75) is 12.3 Å². The van der Waals surface area contributed by atoms with Crippen molar-refractivity contribution in [1.29, 1.82) is 0 Å². The predicted octanol–water partition coefficient (Wildman–Crippen LogP) is 2.22. The Balaban J connectivity index is 1.64. The maximum absolute atomic E-state index is 12.3. The maximum atomic E-state index is 12.3. The Labute approximate surface area is 133 Å². The normalized spacial score (nSPS) is 19.4. The Bertz CT molecular complexity index is 770. The van der Waals surface area contributed by atoms with E-state index in [1.165, 1.54) is 6.08 Å². The van der Waals surface area contributed by atoms with Crippen molar-refractivity contribution in [2.75, 3.05) is 0 Å². The van der Waals surface area contributed by atoms with Gasteiger partial charge < -0.3 is 9.47 Å². The molecule has 2 aromatic carbocycles. The van der Waals surface area contributed by atoms with Crippen molar-refractivity contribution >= 4 is 11.8 Å². The molecule has 0 aromatic heterocycles. The highest BCUT2D eigenvalue weighted by Crippen LogP contribution is 2.32. The second-order valence-corrected chi connectivity index (χ2v) is 5.15. The Kier molecular flexibility index (Phi) is 3.95. The zero-order valence-electron chi connectivity index (χ0n) is 12.3. The number of carbonyl (C=O) groups excluding carboxylic acids is 2. The average molecular weight is 309 g/mol. The average Bonchev–Trinajstić information content (AvgIpc) is 2.84. The van der Waals surface area contributed by atoms with Gasteiger partial charge in [-0.2, -0.15) is 0 Å². The van der Waals surface area contributed by atoms with Gasteiger partial charge >= 0.3 is 5.97 Å². The molecule has 5 heteroatoms. The second kappa shape index (κ2) is 6.06. The number of ketones is 1. The molecule has 1 unspecified atom stereocenters. The molecule has 23 heavy (non-hydrogen) atoms. The van der Waals surface area contributed by atoms with E-state index in [4.69, 9.17) is 15.2 Å². The minimum atomic E-state index is -1.67. The summed E-state index contributed by atoms with van der Waals surface area (Å²) in [5.41, 5.74) is 5.54. The lowest BCUT2D eigenvalue weighted by Crippen LogP contribution is -2.47. The van der Waals surface area contributed by atoms with Crippen molar-refractivity contribution in [3.05, 3.63) is 77.9 Å². The van der Waals surface area contributed by atoms with Crippen LogP contribution in [0, 0.1) is 0 Å². The Hall–Kier alpha value is -2.92. The molecule has 1 aliphatic rings. The van der Waals surface area contributed by atoms with Crippen molar-refractivity contribution in [3.8, 4) is 5.75 Å². The van der Waals surface area contributed by atoms with Crippen LogP contribution in [0.5, 0.6) is 5.75 Å². The van der Waals surface area contributed by atoms with Crippen LogP contribution >= 0.6 is 0 Å². The zero-order valence-corrected chi connectivity index (χ0v) is 12.3.